The van der Waals surface area contributed by atoms with E-state index in [4.69, 9.17) is 5.26 Å². The molecular formula is C20H22N4O2. The fourth-order valence-corrected chi connectivity index (χ4v) is 4.28. The van der Waals surface area contributed by atoms with E-state index in [0.29, 0.717) is 11.3 Å². The first kappa shape index (κ1) is 16.7. The molecule has 2 aliphatic rings. The molecule has 2 fully saturated rings. The monoisotopic (exact) mass is 350 g/mol. The van der Waals surface area contributed by atoms with Crippen LogP contribution in [0.25, 0.3) is 0 Å². The van der Waals surface area contributed by atoms with Gasteiger partial charge in [0.2, 0.25) is 0 Å². The van der Waals surface area contributed by atoms with Gasteiger partial charge in [-0.15, -0.1) is 0 Å². The van der Waals surface area contributed by atoms with Crippen molar-refractivity contribution in [3.05, 3.63) is 52.8 Å². The fourth-order valence-electron chi connectivity index (χ4n) is 4.28. The van der Waals surface area contributed by atoms with Gasteiger partial charge in [-0.2, -0.15) is 5.26 Å². The van der Waals surface area contributed by atoms with Crippen LogP contribution in [0.5, 0.6) is 5.75 Å². The summed E-state index contributed by atoms with van der Waals surface area (Å²) in [7, 11) is 0. The molecule has 0 unspecified atom stereocenters. The quantitative estimate of drug-likeness (QED) is 0.890. The number of carbonyl (C=O) groups is 1. The van der Waals surface area contributed by atoms with Gasteiger partial charge in [0.05, 0.1) is 11.1 Å². The summed E-state index contributed by atoms with van der Waals surface area (Å²) in [4.78, 5) is 20.3. The Bertz CT molecular complexity index is 889. The number of nitriles is 1. The number of hydrogen-bond donors (Lipinski definition) is 2. The fraction of sp³-hybridized carbons (Fsp3) is 0.400. The largest absolute Gasteiger partial charge is 0.507 e. The third-order valence-corrected chi connectivity index (χ3v) is 5.52. The molecule has 6 nitrogen and oxygen atoms in total. The number of aryl methyl sites for hydroxylation is 1. The highest BCUT2D eigenvalue weighted by Crippen LogP contribution is 2.39. The molecule has 2 N–H and O–H groups in total. The number of rotatable bonds is 3. The number of amides is 1. The number of aromatic amines is 1. The maximum Gasteiger partial charge on any atom is 0.270 e. The zero-order chi connectivity index (χ0) is 18.3. The van der Waals surface area contributed by atoms with E-state index < -0.39 is 0 Å². The molecule has 0 atom stereocenters. The van der Waals surface area contributed by atoms with Crippen LogP contribution in [0.15, 0.2) is 30.5 Å². The molecule has 6 heteroatoms. The van der Waals surface area contributed by atoms with Crippen LogP contribution in [0.3, 0.4) is 0 Å². The van der Waals surface area contributed by atoms with Crippen LogP contribution in [0, 0.1) is 18.3 Å². The zero-order valence-corrected chi connectivity index (χ0v) is 14.8. The SMILES string of the molecule is Cc1c[nH]c(C(=O)N2CCCC23CN(Cc2ccc(O)c(C#N)c2)C3)c1. The Morgan fingerprint density at radius 2 is 2.19 bits per heavy atom. The normalized spacial score (nSPS) is 18.7. The lowest BCUT2D eigenvalue weighted by molar-refractivity contribution is -0.0239. The van der Waals surface area contributed by atoms with Crippen LogP contribution in [0.2, 0.25) is 0 Å². The van der Waals surface area contributed by atoms with Gasteiger partial charge in [0.15, 0.2) is 0 Å². The molecule has 2 aromatic rings. The average Bonchev–Trinajstić information content (AvgIpc) is 3.22. The summed E-state index contributed by atoms with van der Waals surface area (Å²) in [6.07, 6.45) is 3.94. The number of aromatic hydroxyl groups is 1. The Morgan fingerprint density at radius 1 is 1.38 bits per heavy atom. The minimum absolute atomic E-state index is 0.0186. The predicted molar refractivity (Wildman–Crippen MR) is 96.6 cm³/mol. The van der Waals surface area contributed by atoms with Crippen molar-refractivity contribution in [2.45, 2.75) is 31.8 Å². The van der Waals surface area contributed by atoms with Gasteiger partial charge in [0.1, 0.15) is 17.5 Å². The lowest BCUT2D eigenvalue weighted by Crippen LogP contribution is -2.68. The van der Waals surface area contributed by atoms with Crippen molar-refractivity contribution >= 4 is 5.91 Å². The molecule has 2 saturated heterocycles. The maximum absolute atomic E-state index is 12.9. The number of phenols is 1. The standard InChI is InChI=1S/C20H22N4O2/c1-14-7-17(22-10-14)19(26)24-6-2-5-20(24)12-23(13-20)11-15-3-4-18(25)16(8-15)9-21/h3-4,7-8,10,22,25H,2,5-6,11-13H2,1H3. The Kier molecular flexibility index (Phi) is 3.97. The van der Waals surface area contributed by atoms with Gasteiger partial charge in [-0.05, 0) is 49.1 Å². The van der Waals surface area contributed by atoms with Gasteiger partial charge in [-0.3, -0.25) is 9.69 Å². The number of H-pyrrole nitrogens is 1. The summed E-state index contributed by atoms with van der Waals surface area (Å²) < 4.78 is 0. The number of phenolic OH excluding ortho intramolecular Hbond substituents is 1. The Morgan fingerprint density at radius 3 is 2.88 bits per heavy atom. The van der Waals surface area contributed by atoms with Crippen molar-refractivity contribution in [2.24, 2.45) is 0 Å². The van der Waals surface area contributed by atoms with Crippen LogP contribution in [0.4, 0.5) is 0 Å². The van der Waals surface area contributed by atoms with E-state index in [2.05, 4.69) is 9.88 Å². The topological polar surface area (TPSA) is 83.4 Å². The van der Waals surface area contributed by atoms with Gasteiger partial charge >= 0.3 is 0 Å². The maximum atomic E-state index is 12.9. The second kappa shape index (κ2) is 6.19. The first-order valence-corrected chi connectivity index (χ1v) is 8.92. The Hall–Kier alpha value is -2.78. The van der Waals surface area contributed by atoms with E-state index in [0.717, 1.165) is 50.1 Å². The second-order valence-corrected chi connectivity index (χ2v) is 7.48. The highest BCUT2D eigenvalue weighted by molar-refractivity contribution is 5.93. The van der Waals surface area contributed by atoms with Gasteiger partial charge in [0, 0.05) is 32.4 Å². The molecule has 26 heavy (non-hydrogen) atoms. The average molecular weight is 350 g/mol. The highest BCUT2D eigenvalue weighted by Gasteiger charge is 2.52. The van der Waals surface area contributed by atoms with E-state index in [1.165, 1.54) is 0 Å². The molecule has 1 aromatic heterocycles. The van der Waals surface area contributed by atoms with E-state index in [1.807, 2.05) is 36.2 Å². The summed E-state index contributed by atoms with van der Waals surface area (Å²) in [5.41, 5.74) is 2.98. The van der Waals surface area contributed by atoms with E-state index in [-0.39, 0.29) is 17.2 Å². The van der Waals surface area contributed by atoms with Gasteiger partial charge in [0.25, 0.3) is 5.91 Å². The first-order chi connectivity index (χ1) is 12.5. The van der Waals surface area contributed by atoms with Crippen molar-refractivity contribution in [1.29, 1.82) is 5.26 Å². The summed E-state index contributed by atoms with van der Waals surface area (Å²) in [6.45, 7) is 5.20. The Labute approximate surface area is 152 Å². The molecule has 3 heterocycles. The summed E-state index contributed by atoms with van der Waals surface area (Å²) in [5.74, 6) is 0.108. The Balaban J connectivity index is 1.44. The lowest BCUT2D eigenvalue weighted by atomic mass is 9.86. The number of nitrogens with zero attached hydrogens (tertiary/aromatic N) is 3. The second-order valence-electron chi connectivity index (χ2n) is 7.48. The third kappa shape index (κ3) is 2.74. The molecule has 1 aromatic carbocycles. The molecule has 1 amide bonds. The summed E-state index contributed by atoms with van der Waals surface area (Å²) >= 11 is 0. The van der Waals surface area contributed by atoms with Crippen LogP contribution in [0.1, 0.15) is 40.0 Å². The number of carbonyl (C=O) groups excluding carboxylic acids is 1. The summed E-state index contributed by atoms with van der Waals surface area (Å²) in [5, 5.41) is 18.7. The van der Waals surface area contributed by atoms with E-state index in [9.17, 15) is 9.90 Å². The minimum atomic E-state index is -0.0644. The van der Waals surface area contributed by atoms with Gasteiger partial charge in [-0.1, -0.05) is 6.07 Å². The van der Waals surface area contributed by atoms with Crippen LogP contribution < -0.4 is 0 Å². The molecule has 0 aliphatic carbocycles. The number of benzene rings is 1. The molecular weight excluding hydrogens is 328 g/mol. The van der Waals surface area contributed by atoms with Crippen molar-refractivity contribution < 1.29 is 9.90 Å². The first-order valence-electron chi connectivity index (χ1n) is 8.92. The molecule has 0 bridgehead atoms. The van der Waals surface area contributed by atoms with Crippen molar-refractivity contribution in [2.75, 3.05) is 19.6 Å². The smallest absolute Gasteiger partial charge is 0.270 e. The van der Waals surface area contributed by atoms with Gasteiger partial charge in [-0.25, -0.2) is 0 Å². The number of hydrogen-bond acceptors (Lipinski definition) is 4. The van der Waals surface area contributed by atoms with E-state index in [1.54, 1.807) is 12.1 Å². The van der Waals surface area contributed by atoms with Crippen molar-refractivity contribution in [3.8, 4) is 11.8 Å². The van der Waals surface area contributed by atoms with Crippen molar-refractivity contribution in [3.63, 3.8) is 0 Å². The minimum Gasteiger partial charge on any atom is -0.507 e. The lowest BCUT2D eigenvalue weighted by Gasteiger charge is -2.52. The molecule has 2 aliphatic heterocycles. The highest BCUT2D eigenvalue weighted by atomic mass is 16.3. The van der Waals surface area contributed by atoms with Crippen molar-refractivity contribution in [1.82, 2.24) is 14.8 Å². The molecule has 0 saturated carbocycles. The van der Waals surface area contributed by atoms with Gasteiger partial charge < -0.3 is 15.0 Å². The van der Waals surface area contributed by atoms with Crippen LogP contribution >= 0.6 is 0 Å². The molecule has 134 valence electrons. The third-order valence-electron chi connectivity index (χ3n) is 5.52. The van der Waals surface area contributed by atoms with E-state index >= 15 is 0 Å². The molecule has 1 spiro atoms. The number of nitrogens with one attached hydrogen (secondary N) is 1. The number of aromatic nitrogens is 1. The van der Waals surface area contributed by atoms with Crippen LogP contribution in [-0.2, 0) is 6.54 Å². The summed E-state index contributed by atoms with van der Waals surface area (Å²) in [6, 6.07) is 9.07. The zero-order valence-electron chi connectivity index (χ0n) is 14.8. The molecule has 4 rings (SSSR count). The van der Waals surface area contributed by atoms with Crippen LogP contribution in [-0.4, -0.2) is 51.0 Å². The number of likely N-dealkylation sites (tertiary alicyclic amines) is 2. The molecule has 0 radical (unpaired) electrons. The predicted octanol–water partition coefficient (Wildman–Crippen LogP) is 2.39.